The summed E-state index contributed by atoms with van der Waals surface area (Å²) in [5.41, 5.74) is 1.30. The Morgan fingerprint density at radius 3 is 2.93 bits per heavy atom. The van der Waals surface area contributed by atoms with Crippen LogP contribution in [0.3, 0.4) is 0 Å². The summed E-state index contributed by atoms with van der Waals surface area (Å²) >= 11 is 0. The summed E-state index contributed by atoms with van der Waals surface area (Å²) < 4.78 is 13.5. The van der Waals surface area contributed by atoms with Gasteiger partial charge in [0.15, 0.2) is 0 Å². The normalized spacial score (nSPS) is 9.67. The van der Waals surface area contributed by atoms with Crippen molar-refractivity contribution >= 4 is 11.8 Å². The second kappa shape index (κ2) is 3.86. The minimum absolute atomic E-state index is 0.245. The number of hydrogen-bond donors (Lipinski definition) is 1. The molecular weight excluding hydrogens is 197 g/mol. The van der Waals surface area contributed by atoms with Crippen LogP contribution in [0.4, 0.5) is 10.1 Å². The van der Waals surface area contributed by atoms with E-state index < -0.39 is 5.82 Å². The predicted molar refractivity (Wildman–Crippen MR) is 51.8 cm³/mol. The lowest BCUT2D eigenvalue weighted by Crippen LogP contribution is -1.81. The number of rotatable bonds is 2. The Balaban J connectivity index is 2.48. The van der Waals surface area contributed by atoms with Crippen LogP contribution in [0.1, 0.15) is 0 Å². The molecule has 0 saturated heterocycles. The zero-order chi connectivity index (χ0) is 10.7. The highest BCUT2D eigenvalue weighted by molar-refractivity contribution is 5.65. The molecule has 0 atom stereocenters. The van der Waals surface area contributed by atoms with Crippen molar-refractivity contribution in [3.8, 4) is 11.1 Å². The lowest BCUT2D eigenvalue weighted by atomic mass is 10.1. The monoisotopic (exact) mass is 203 g/mol. The van der Waals surface area contributed by atoms with Gasteiger partial charge in [0.25, 0.3) is 0 Å². The molecule has 0 aliphatic heterocycles. The first-order valence-corrected chi connectivity index (χ1v) is 4.18. The summed E-state index contributed by atoms with van der Waals surface area (Å²) in [7, 11) is 0. The predicted octanol–water partition coefficient (Wildman–Crippen LogP) is 2.18. The molecule has 0 radical (unpaired) electrons. The molecule has 0 unspecified atom stereocenters. The van der Waals surface area contributed by atoms with Gasteiger partial charge in [0.2, 0.25) is 6.08 Å². The zero-order valence-electron chi connectivity index (χ0n) is 7.57. The SMILES string of the molecule is O=C=Nc1ccc(-c2cn[nH]c2)c(F)c1. The number of aromatic amines is 1. The fourth-order valence-corrected chi connectivity index (χ4v) is 1.26. The van der Waals surface area contributed by atoms with Gasteiger partial charge in [-0.3, -0.25) is 5.10 Å². The van der Waals surface area contributed by atoms with E-state index in [0.29, 0.717) is 11.1 Å². The zero-order valence-corrected chi connectivity index (χ0v) is 7.57. The van der Waals surface area contributed by atoms with Crippen LogP contribution in [-0.4, -0.2) is 16.3 Å². The van der Waals surface area contributed by atoms with Gasteiger partial charge < -0.3 is 0 Å². The third kappa shape index (κ3) is 1.82. The number of H-pyrrole nitrogens is 1. The van der Waals surface area contributed by atoms with Gasteiger partial charge in [-0.05, 0) is 12.1 Å². The van der Waals surface area contributed by atoms with Gasteiger partial charge in [0, 0.05) is 23.4 Å². The first-order valence-electron chi connectivity index (χ1n) is 4.18. The van der Waals surface area contributed by atoms with Crippen LogP contribution >= 0.6 is 0 Å². The van der Waals surface area contributed by atoms with Crippen molar-refractivity contribution in [2.24, 2.45) is 4.99 Å². The van der Waals surface area contributed by atoms with E-state index in [0.717, 1.165) is 0 Å². The molecule has 74 valence electrons. The molecule has 1 aromatic carbocycles. The number of nitrogens with zero attached hydrogens (tertiary/aromatic N) is 2. The Labute approximate surface area is 84.5 Å². The minimum Gasteiger partial charge on any atom is -0.285 e. The van der Waals surface area contributed by atoms with Gasteiger partial charge >= 0.3 is 0 Å². The molecule has 0 aliphatic rings. The van der Waals surface area contributed by atoms with E-state index in [1.54, 1.807) is 6.20 Å². The van der Waals surface area contributed by atoms with Gasteiger partial charge in [-0.15, -0.1) is 0 Å². The van der Waals surface area contributed by atoms with Crippen LogP contribution in [0.2, 0.25) is 0 Å². The van der Waals surface area contributed by atoms with E-state index in [4.69, 9.17) is 0 Å². The fraction of sp³-hybridized carbons (Fsp3) is 0. The molecule has 0 fully saturated rings. The quantitative estimate of drug-likeness (QED) is 0.600. The minimum atomic E-state index is -0.451. The van der Waals surface area contributed by atoms with Crippen molar-refractivity contribution in [1.29, 1.82) is 0 Å². The lowest BCUT2D eigenvalue weighted by molar-refractivity contribution is 0.565. The molecular formula is C10H6FN3O. The van der Waals surface area contributed by atoms with E-state index in [9.17, 15) is 9.18 Å². The Hall–Kier alpha value is -2.26. The Morgan fingerprint density at radius 2 is 2.33 bits per heavy atom. The third-order valence-electron chi connectivity index (χ3n) is 1.94. The maximum absolute atomic E-state index is 13.5. The molecule has 1 heterocycles. The van der Waals surface area contributed by atoms with E-state index in [2.05, 4.69) is 15.2 Å². The summed E-state index contributed by atoms with van der Waals surface area (Å²) in [5.74, 6) is -0.451. The number of isocyanates is 1. The summed E-state index contributed by atoms with van der Waals surface area (Å²) in [6.45, 7) is 0. The third-order valence-corrected chi connectivity index (χ3v) is 1.94. The number of benzene rings is 1. The second-order valence-corrected chi connectivity index (χ2v) is 2.85. The van der Waals surface area contributed by atoms with Crippen LogP contribution in [0.25, 0.3) is 11.1 Å². The molecule has 2 rings (SSSR count). The Bertz CT molecular complexity index is 515. The van der Waals surface area contributed by atoms with Crippen molar-refractivity contribution in [3.63, 3.8) is 0 Å². The first-order chi connectivity index (χ1) is 7.31. The van der Waals surface area contributed by atoms with Gasteiger partial charge in [-0.25, -0.2) is 9.18 Å². The van der Waals surface area contributed by atoms with Gasteiger partial charge in [0.1, 0.15) is 5.82 Å². The molecule has 4 nitrogen and oxygen atoms in total. The molecule has 15 heavy (non-hydrogen) atoms. The van der Waals surface area contributed by atoms with Gasteiger partial charge in [0.05, 0.1) is 11.9 Å². The van der Waals surface area contributed by atoms with Crippen molar-refractivity contribution in [1.82, 2.24) is 10.2 Å². The number of aliphatic imine (C=N–C) groups is 1. The topological polar surface area (TPSA) is 58.1 Å². The van der Waals surface area contributed by atoms with Crippen LogP contribution in [-0.2, 0) is 4.79 Å². The Kier molecular flexibility index (Phi) is 2.39. The van der Waals surface area contributed by atoms with E-state index in [1.165, 1.54) is 30.5 Å². The summed E-state index contributed by atoms with van der Waals surface area (Å²) in [6, 6.07) is 4.25. The highest BCUT2D eigenvalue weighted by atomic mass is 19.1. The molecule has 5 heteroatoms. The molecule has 0 spiro atoms. The molecule has 0 amide bonds. The molecule has 0 aliphatic carbocycles. The van der Waals surface area contributed by atoms with Crippen molar-refractivity contribution in [3.05, 3.63) is 36.4 Å². The van der Waals surface area contributed by atoms with Crippen molar-refractivity contribution in [2.45, 2.75) is 0 Å². The van der Waals surface area contributed by atoms with Crippen molar-refractivity contribution < 1.29 is 9.18 Å². The highest BCUT2D eigenvalue weighted by Crippen LogP contribution is 2.25. The lowest BCUT2D eigenvalue weighted by Gasteiger charge is -1.99. The molecule has 1 N–H and O–H groups in total. The smallest absolute Gasteiger partial charge is 0.240 e. The second-order valence-electron chi connectivity index (χ2n) is 2.85. The van der Waals surface area contributed by atoms with Crippen molar-refractivity contribution in [2.75, 3.05) is 0 Å². The number of halogens is 1. The maximum Gasteiger partial charge on any atom is 0.240 e. The summed E-state index contributed by atoms with van der Waals surface area (Å²) in [6.07, 6.45) is 4.45. The maximum atomic E-state index is 13.5. The molecule has 0 bridgehead atoms. The van der Waals surface area contributed by atoms with E-state index in [-0.39, 0.29) is 5.69 Å². The summed E-state index contributed by atoms with van der Waals surface area (Å²) in [4.78, 5) is 13.3. The number of aromatic nitrogens is 2. The Morgan fingerprint density at radius 1 is 1.47 bits per heavy atom. The largest absolute Gasteiger partial charge is 0.285 e. The molecule has 1 aromatic heterocycles. The van der Waals surface area contributed by atoms with Crippen LogP contribution in [0.15, 0.2) is 35.6 Å². The average Bonchev–Trinajstić information content (AvgIpc) is 2.71. The summed E-state index contributed by atoms with van der Waals surface area (Å²) in [5, 5.41) is 6.31. The van der Waals surface area contributed by atoms with Gasteiger partial charge in [-0.1, -0.05) is 0 Å². The van der Waals surface area contributed by atoms with Crippen LogP contribution < -0.4 is 0 Å². The fourth-order valence-electron chi connectivity index (χ4n) is 1.26. The number of nitrogens with one attached hydrogen (secondary N) is 1. The first kappa shape index (κ1) is 9.30. The molecule has 0 saturated carbocycles. The number of hydrogen-bond acceptors (Lipinski definition) is 3. The number of carbonyl (C=O) groups excluding carboxylic acids is 1. The van der Waals surface area contributed by atoms with Gasteiger partial charge in [-0.2, -0.15) is 10.1 Å². The van der Waals surface area contributed by atoms with Crippen LogP contribution in [0, 0.1) is 5.82 Å². The van der Waals surface area contributed by atoms with Crippen LogP contribution in [0.5, 0.6) is 0 Å². The average molecular weight is 203 g/mol. The van der Waals surface area contributed by atoms with E-state index >= 15 is 0 Å². The molecule has 2 aromatic rings. The standard InChI is InChI=1S/C10H6FN3O/c11-10-3-8(12-6-15)1-2-9(10)7-4-13-14-5-7/h1-5H,(H,13,14). The van der Waals surface area contributed by atoms with E-state index in [1.807, 2.05) is 0 Å². The highest BCUT2D eigenvalue weighted by Gasteiger charge is 2.06.